The summed E-state index contributed by atoms with van der Waals surface area (Å²) in [5, 5.41) is 5.43. The summed E-state index contributed by atoms with van der Waals surface area (Å²) in [5.74, 6) is 1.54. The van der Waals surface area contributed by atoms with Crippen LogP contribution in [0.15, 0.2) is 35.4 Å². The van der Waals surface area contributed by atoms with Gasteiger partial charge in [-0.1, -0.05) is 32.0 Å². The molecule has 0 aliphatic heterocycles. The number of thioether (sulfide) groups is 1. The lowest BCUT2D eigenvalue weighted by molar-refractivity contribution is 0.112. The molecule has 1 aromatic heterocycles. The molecule has 0 N–H and O–H groups in total. The molecule has 4 heteroatoms. The van der Waals surface area contributed by atoms with E-state index in [0.29, 0.717) is 11.5 Å². The molecule has 2 rings (SSSR count). The molecule has 0 spiro atoms. The number of benzene rings is 1. The van der Waals surface area contributed by atoms with Crippen molar-refractivity contribution in [2.75, 3.05) is 5.75 Å². The van der Waals surface area contributed by atoms with Gasteiger partial charge in [0.15, 0.2) is 6.29 Å². The van der Waals surface area contributed by atoms with Gasteiger partial charge in [0.25, 0.3) is 0 Å². The van der Waals surface area contributed by atoms with E-state index in [1.54, 1.807) is 11.8 Å². The Morgan fingerprint density at radius 2 is 2.00 bits per heavy atom. The number of para-hydroxylation sites is 1. The van der Waals surface area contributed by atoms with E-state index in [-0.39, 0.29) is 0 Å². The minimum Gasteiger partial charge on any atom is -0.298 e. The molecule has 1 aromatic carbocycles. The Balaban J connectivity index is 2.45. The van der Waals surface area contributed by atoms with E-state index in [4.69, 9.17) is 0 Å². The number of carbonyl (C=O) groups excluding carboxylic acids is 1. The molecular formula is C15H18N2OS. The average molecular weight is 274 g/mol. The third-order valence-corrected chi connectivity index (χ3v) is 4.23. The molecule has 3 nitrogen and oxygen atoms in total. The van der Waals surface area contributed by atoms with Crippen LogP contribution in [0.25, 0.3) is 5.69 Å². The van der Waals surface area contributed by atoms with Gasteiger partial charge in [0.05, 0.1) is 16.9 Å². The second-order valence-corrected chi connectivity index (χ2v) is 5.88. The van der Waals surface area contributed by atoms with Gasteiger partial charge in [-0.2, -0.15) is 5.10 Å². The van der Waals surface area contributed by atoms with Crippen molar-refractivity contribution >= 4 is 18.0 Å². The van der Waals surface area contributed by atoms with Crippen molar-refractivity contribution in [3.8, 4) is 5.69 Å². The number of carbonyl (C=O) groups is 1. The quantitative estimate of drug-likeness (QED) is 0.615. The first kappa shape index (κ1) is 13.9. The highest BCUT2D eigenvalue weighted by Gasteiger charge is 2.16. The van der Waals surface area contributed by atoms with Crippen LogP contribution in [0.2, 0.25) is 0 Å². The summed E-state index contributed by atoms with van der Waals surface area (Å²) in [6, 6.07) is 9.93. The van der Waals surface area contributed by atoms with Gasteiger partial charge in [0.1, 0.15) is 5.03 Å². The lowest BCUT2D eigenvalue weighted by Gasteiger charge is -2.09. The van der Waals surface area contributed by atoms with E-state index >= 15 is 0 Å². The van der Waals surface area contributed by atoms with Crippen LogP contribution in [0.5, 0.6) is 0 Å². The molecule has 1 heterocycles. The number of aromatic nitrogens is 2. The van der Waals surface area contributed by atoms with E-state index in [0.717, 1.165) is 28.4 Å². The molecule has 0 aliphatic rings. The second-order valence-electron chi connectivity index (χ2n) is 4.87. The van der Waals surface area contributed by atoms with Gasteiger partial charge < -0.3 is 0 Å². The zero-order chi connectivity index (χ0) is 13.8. The molecular weight excluding hydrogens is 256 g/mol. The van der Waals surface area contributed by atoms with E-state index in [9.17, 15) is 4.79 Å². The second kappa shape index (κ2) is 6.06. The molecule has 0 fully saturated rings. The largest absolute Gasteiger partial charge is 0.298 e. The molecule has 2 aromatic rings. The summed E-state index contributed by atoms with van der Waals surface area (Å²) in [4.78, 5) is 11.3. The maximum absolute atomic E-state index is 11.3. The fraction of sp³-hybridized carbons (Fsp3) is 0.333. The lowest BCUT2D eigenvalue weighted by Crippen LogP contribution is -2.00. The maximum atomic E-state index is 11.3. The van der Waals surface area contributed by atoms with Crippen molar-refractivity contribution in [3.63, 3.8) is 0 Å². The van der Waals surface area contributed by atoms with Gasteiger partial charge in [-0.25, -0.2) is 4.68 Å². The first-order valence-electron chi connectivity index (χ1n) is 6.36. The summed E-state index contributed by atoms with van der Waals surface area (Å²) >= 11 is 1.69. The monoisotopic (exact) mass is 274 g/mol. The first-order chi connectivity index (χ1) is 9.13. The van der Waals surface area contributed by atoms with Crippen LogP contribution in [0.4, 0.5) is 0 Å². The van der Waals surface area contributed by atoms with Crippen LogP contribution in [0.1, 0.15) is 29.9 Å². The molecule has 0 atom stereocenters. The minimum atomic E-state index is 0.573. The van der Waals surface area contributed by atoms with E-state index < -0.39 is 0 Å². The summed E-state index contributed by atoms with van der Waals surface area (Å²) in [6.45, 7) is 6.22. The number of aryl methyl sites for hydroxylation is 1. The van der Waals surface area contributed by atoms with E-state index in [1.807, 2.05) is 41.9 Å². The Morgan fingerprint density at radius 3 is 2.58 bits per heavy atom. The summed E-state index contributed by atoms with van der Waals surface area (Å²) in [6.07, 6.45) is 0.907. The predicted molar refractivity (Wildman–Crippen MR) is 79.3 cm³/mol. The van der Waals surface area contributed by atoms with Crippen molar-refractivity contribution in [3.05, 3.63) is 41.6 Å². The zero-order valence-electron chi connectivity index (χ0n) is 11.5. The normalized spacial score (nSPS) is 10.9. The van der Waals surface area contributed by atoms with E-state index in [1.165, 1.54) is 0 Å². The van der Waals surface area contributed by atoms with Gasteiger partial charge in [-0.15, -0.1) is 11.8 Å². The smallest absolute Gasteiger partial charge is 0.154 e. The van der Waals surface area contributed by atoms with Crippen LogP contribution in [-0.2, 0) is 0 Å². The van der Waals surface area contributed by atoms with Gasteiger partial charge in [-0.3, -0.25) is 4.79 Å². The van der Waals surface area contributed by atoms with Crippen molar-refractivity contribution in [1.82, 2.24) is 9.78 Å². The van der Waals surface area contributed by atoms with Gasteiger partial charge in [0.2, 0.25) is 0 Å². The van der Waals surface area contributed by atoms with Crippen LogP contribution in [0.3, 0.4) is 0 Å². The molecule has 0 bridgehead atoms. The maximum Gasteiger partial charge on any atom is 0.154 e. The fourth-order valence-electron chi connectivity index (χ4n) is 1.78. The van der Waals surface area contributed by atoms with Crippen LogP contribution in [0, 0.1) is 12.8 Å². The zero-order valence-corrected chi connectivity index (χ0v) is 12.3. The fourth-order valence-corrected chi connectivity index (χ4v) is 2.89. The van der Waals surface area contributed by atoms with Gasteiger partial charge in [0, 0.05) is 5.75 Å². The number of hydrogen-bond acceptors (Lipinski definition) is 3. The Morgan fingerprint density at radius 1 is 1.32 bits per heavy atom. The topological polar surface area (TPSA) is 34.9 Å². The number of nitrogens with zero attached hydrogens (tertiary/aromatic N) is 2. The van der Waals surface area contributed by atoms with E-state index in [2.05, 4.69) is 18.9 Å². The average Bonchev–Trinajstić information content (AvgIpc) is 2.73. The van der Waals surface area contributed by atoms with Crippen molar-refractivity contribution in [1.29, 1.82) is 0 Å². The Hall–Kier alpha value is -1.55. The third-order valence-electron chi connectivity index (χ3n) is 2.73. The third kappa shape index (κ3) is 3.07. The number of rotatable bonds is 5. The summed E-state index contributed by atoms with van der Waals surface area (Å²) in [7, 11) is 0. The predicted octanol–water partition coefficient (Wildman–Crippen LogP) is 3.74. The molecule has 0 radical (unpaired) electrons. The van der Waals surface area contributed by atoms with Crippen LogP contribution in [-0.4, -0.2) is 21.8 Å². The SMILES string of the molecule is Cc1nn(-c2ccccc2)c(SCC(C)C)c1C=O. The van der Waals surface area contributed by atoms with Crippen molar-refractivity contribution < 1.29 is 4.79 Å². The molecule has 0 saturated carbocycles. The minimum absolute atomic E-state index is 0.573. The summed E-state index contributed by atoms with van der Waals surface area (Å²) in [5.41, 5.74) is 2.48. The van der Waals surface area contributed by atoms with Crippen molar-refractivity contribution in [2.24, 2.45) is 5.92 Å². The van der Waals surface area contributed by atoms with Gasteiger partial charge >= 0.3 is 0 Å². The lowest BCUT2D eigenvalue weighted by atomic mass is 10.3. The highest BCUT2D eigenvalue weighted by Crippen LogP contribution is 2.28. The molecule has 0 saturated heterocycles. The number of aldehydes is 1. The molecule has 0 amide bonds. The molecule has 100 valence electrons. The van der Waals surface area contributed by atoms with Crippen molar-refractivity contribution in [2.45, 2.75) is 25.8 Å². The standard InChI is InChI=1S/C15H18N2OS/c1-11(2)10-19-15-14(9-18)12(3)16-17(15)13-7-5-4-6-8-13/h4-9,11H,10H2,1-3H3. The van der Waals surface area contributed by atoms with Crippen LogP contribution < -0.4 is 0 Å². The molecule has 0 unspecified atom stereocenters. The highest BCUT2D eigenvalue weighted by molar-refractivity contribution is 7.99. The van der Waals surface area contributed by atoms with Crippen LogP contribution >= 0.6 is 11.8 Å². The first-order valence-corrected chi connectivity index (χ1v) is 7.35. The Kier molecular flexibility index (Phi) is 4.43. The Bertz CT molecular complexity index is 561. The van der Waals surface area contributed by atoms with Gasteiger partial charge in [-0.05, 0) is 25.0 Å². The molecule has 0 aliphatic carbocycles. The number of hydrogen-bond donors (Lipinski definition) is 0. The highest BCUT2D eigenvalue weighted by atomic mass is 32.2. The summed E-state index contributed by atoms with van der Waals surface area (Å²) < 4.78 is 1.87. The molecule has 19 heavy (non-hydrogen) atoms. The Labute approximate surface area is 118 Å².